The maximum absolute atomic E-state index is 12.7. The lowest BCUT2D eigenvalue weighted by Gasteiger charge is -2.32. The number of piperidine rings is 1. The van der Waals surface area contributed by atoms with Crippen LogP contribution >= 0.6 is 15.9 Å². The molecule has 0 aliphatic carbocycles. The molecule has 1 aliphatic heterocycles. The van der Waals surface area contributed by atoms with Gasteiger partial charge in [-0.2, -0.15) is 0 Å². The summed E-state index contributed by atoms with van der Waals surface area (Å²) in [5.41, 5.74) is 0.459. The van der Waals surface area contributed by atoms with E-state index in [1.54, 1.807) is 35.2 Å². The molecular weight excluding hydrogens is 378 g/mol. The van der Waals surface area contributed by atoms with Crippen LogP contribution in [0.25, 0.3) is 0 Å². The predicted octanol–water partition coefficient (Wildman–Crippen LogP) is 1.66. The summed E-state index contributed by atoms with van der Waals surface area (Å²) in [5, 5.41) is 4.13. The molecule has 0 saturated carbocycles. The van der Waals surface area contributed by atoms with E-state index in [0.29, 0.717) is 30.5 Å². The number of ether oxygens (including phenoxy) is 2. The summed E-state index contributed by atoms with van der Waals surface area (Å²) in [4.78, 5) is 22.7. The fraction of sp³-hybridized carbons (Fsp3) is 0.467. The second-order valence-electron chi connectivity index (χ2n) is 5.54. The van der Waals surface area contributed by atoms with E-state index in [0.717, 1.165) is 17.3 Å². The lowest BCUT2D eigenvalue weighted by Crippen LogP contribution is -2.44. The van der Waals surface area contributed by atoms with E-state index in [4.69, 9.17) is 9.47 Å². The Morgan fingerprint density at radius 3 is 2.83 bits per heavy atom. The van der Waals surface area contributed by atoms with Gasteiger partial charge in [0.05, 0.1) is 18.1 Å². The molecule has 2 aromatic rings. The minimum Gasteiger partial charge on any atom is -0.479 e. The van der Waals surface area contributed by atoms with Crippen LogP contribution in [0.15, 0.2) is 23.1 Å². The molecule has 1 saturated heterocycles. The number of methoxy groups -OCH3 is 1. The van der Waals surface area contributed by atoms with Gasteiger partial charge < -0.3 is 14.4 Å². The molecule has 3 heterocycles. The number of rotatable bonds is 4. The monoisotopic (exact) mass is 395 g/mol. The zero-order valence-corrected chi connectivity index (χ0v) is 15.1. The number of hydrogen-bond acceptors (Lipinski definition) is 6. The van der Waals surface area contributed by atoms with Crippen molar-refractivity contribution in [1.29, 1.82) is 0 Å². The van der Waals surface area contributed by atoms with E-state index in [2.05, 4.69) is 31.0 Å². The van der Waals surface area contributed by atoms with Gasteiger partial charge in [0.2, 0.25) is 5.88 Å². The molecule has 1 amide bonds. The van der Waals surface area contributed by atoms with E-state index >= 15 is 0 Å². The Balaban J connectivity index is 1.68. The summed E-state index contributed by atoms with van der Waals surface area (Å²) in [5.74, 6) is 0.228. The van der Waals surface area contributed by atoms with Gasteiger partial charge in [-0.15, -0.1) is 5.10 Å². The van der Waals surface area contributed by atoms with Gasteiger partial charge >= 0.3 is 6.01 Å². The highest BCUT2D eigenvalue weighted by molar-refractivity contribution is 9.10. The highest BCUT2D eigenvalue weighted by atomic mass is 79.9. The first-order chi connectivity index (χ1) is 11.6. The molecule has 0 N–H and O–H groups in total. The van der Waals surface area contributed by atoms with Gasteiger partial charge in [-0.05, 0) is 28.8 Å². The fourth-order valence-electron chi connectivity index (χ4n) is 2.67. The first kappa shape index (κ1) is 16.7. The Hall–Kier alpha value is -2.16. The molecule has 1 fully saturated rings. The van der Waals surface area contributed by atoms with Crippen molar-refractivity contribution < 1.29 is 14.3 Å². The van der Waals surface area contributed by atoms with Crippen molar-refractivity contribution in [2.24, 2.45) is 7.05 Å². The average Bonchev–Trinajstić information content (AvgIpc) is 2.97. The van der Waals surface area contributed by atoms with E-state index < -0.39 is 0 Å². The van der Waals surface area contributed by atoms with Gasteiger partial charge in [-0.1, -0.05) is 0 Å². The average molecular weight is 396 g/mol. The number of carbonyl (C=O) groups excluding carboxylic acids is 1. The number of likely N-dealkylation sites (tertiary alicyclic amines) is 1. The third kappa shape index (κ3) is 3.66. The number of hydrogen-bond donors (Lipinski definition) is 0. The number of halogens is 1. The quantitative estimate of drug-likeness (QED) is 0.782. The minimum absolute atomic E-state index is 0.107. The number of carbonyl (C=O) groups is 1. The van der Waals surface area contributed by atoms with Gasteiger partial charge in [0.1, 0.15) is 11.7 Å². The minimum atomic E-state index is -0.133. The van der Waals surface area contributed by atoms with Crippen LogP contribution in [0, 0.1) is 0 Å². The standard InChI is InChI=1S/C15H18BrN5O3/c1-20-9-12(13(19-20)23-2)14(22)21-5-3-4-11(8-21)24-15-17-6-10(16)7-18-15/h6-7,9,11H,3-5,8H2,1-2H3. The van der Waals surface area contributed by atoms with Crippen LogP contribution in [-0.4, -0.2) is 56.9 Å². The summed E-state index contributed by atoms with van der Waals surface area (Å²) >= 11 is 3.29. The van der Waals surface area contributed by atoms with Crippen LogP contribution < -0.4 is 9.47 Å². The maximum atomic E-state index is 12.7. The summed E-state index contributed by atoms with van der Waals surface area (Å²) in [6, 6.07) is 0.316. The maximum Gasteiger partial charge on any atom is 0.316 e. The van der Waals surface area contributed by atoms with Crippen molar-refractivity contribution in [1.82, 2.24) is 24.6 Å². The molecular formula is C15H18BrN5O3. The Kier molecular flexibility index (Phi) is 4.98. The van der Waals surface area contributed by atoms with Crippen LogP contribution in [0.1, 0.15) is 23.2 Å². The lowest BCUT2D eigenvalue weighted by molar-refractivity contribution is 0.0513. The predicted molar refractivity (Wildman–Crippen MR) is 89.0 cm³/mol. The van der Waals surface area contributed by atoms with E-state index in [-0.39, 0.29) is 12.0 Å². The van der Waals surface area contributed by atoms with Crippen LogP contribution in [0.2, 0.25) is 0 Å². The Morgan fingerprint density at radius 2 is 2.12 bits per heavy atom. The zero-order chi connectivity index (χ0) is 17.1. The van der Waals surface area contributed by atoms with Gasteiger partial charge in [0.25, 0.3) is 5.91 Å². The third-order valence-corrected chi connectivity index (χ3v) is 4.16. The Morgan fingerprint density at radius 1 is 1.38 bits per heavy atom. The van der Waals surface area contributed by atoms with Gasteiger partial charge in [-0.25, -0.2) is 9.97 Å². The largest absolute Gasteiger partial charge is 0.479 e. The zero-order valence-electron chi connectivity index (χ0n) is 13.5. The Labute approximate surface area is 147 Å². The topological polar surface area (TPSA) is 82.4 Å². The number of aryl methyl sites for hydroxylation is 1. The molecule has 128 valence electrons. The molecule has 1 aliphatic rings. The SMILES string of the molecule is COc1nn(C)cc1C(=O)N1CCCC(Oc2ncc(Br)cn2)C1. The number of aromatic nitrogens is 4. The molecule has 9 heteroatoms. The van der Waals surface area contributed by atoms with Gasteiger partial charge in [0.15, 0.2) is 0 Å². The van der Waals surface area contributed by atoms with Crippen LogP contribution in [0.5, 0.6) is 11.9 Å². The van der Waals surface area contributed by atoms with Crippen molar-refractivity contribution in [3.05, 3.63) is 28.6 Å². The van der Waals surface area contributed by atoms with Crippen LogP contribution in [0.4, 0.5) is 0 Å². The van der Waals surface area contributed by atoms with Crippen LogP contribution in [0.3, 0.4) is 0 Å². The summed E-state index contributed by atoms with van der Waals surface area (Å²) in [6.45, 7) is 1.16. The summed E-state index contributed by atoms with van der Waals surface area (Å²) in [7, 11) is 3.26. The van der Waals surface area contributed by atoms with E-state index in [1.807, 2.05) is 0 Å². The molecule has 3 rings (SSSR count). The fourth-order valence-corrected chi connectivity index (χ4v) is 2.87. The molecule has 24 heavy (non-hydrogen) atoms. The van der Waals surface area contributed by atoms with E-state index in [1.165, 1.54) is 7.11 Å². The highest BCUT2D eigenvalue weighted by Gasteiger charge is 2.29. The molecule has 1 atom stereocenters. The van der Waals surface area contributed by atoms with Crippen molar-refractivity contribution in [2.45, 2.75) is 18.9 Å². The molecule has 0 bridgehead atoms. The van der Waals surface area contributed by atoms with Crippen molar-refractivity contribution >= 4 is 21.8 Å². The van der Waals surface area contributed by atoms with Gasteiger partial charge in [0, 0.05) is 32.2 Å². The Bertz CT molecular complexity index is 718. The van der Waals surface area contributed by atoms with Crippen molar-refractivity contribution in [2.75, 3.05) is 20.2 Å². The van der Waals surface area contributed by atoms with E-state index in [9.17, 15) is 4.79 Å². The molecule has 1 unspecified atom stereocenters. The lowest BCUT2D eigenvalue weighted by atomic mass is 10.1. The van der Waals surface area contributed by atoms with Gasteiger partial charge in [-0.3, -0.25) is 9.48 Å². The molecule has 0 spiro atoms. The smallest absolute Gasteiger partial charge is 0.316 e. The normalized spacial score (nSPS) is 17.6. The first-order valence-corrected chi connectivity index (χ1v) is 8.37. The summed E-state index contributed by atoms with van der Waals surface area (Å²) < 4.78 is 13.3. The molecule has 0 radical (unpaired) electrons. The number of nitrogens with zero attached hydrogens (tertiary/aromatic N) is 5. The second-order valence-corrected chi connectivity index (χ2v) is 6.46. The van der Waals surface area contributed by atoms with Crippen LogP contribution in [-0.2, 0) is 7.05 Å². The number of amides is 1. The highest BCUT2D eigenvalue weighted by Crippen LogP contribution is 2.22. The van der Waals surface area contributed by atoms with Crippen molar-refractivity contribution in [3.63, 3.8) is 0 Å². The summed E-state index contributed by atoms with van der Waals surface area (Å²) in [6.07, 6.45) is 6.52. The second kappa shape index (κ2) is 7.16. The molecule has 8 nitrogen and oxygen atoms in total. The first-order valence-electron chi connectivity index (χ1n) is 7.58. The third-order valence-electron chi connectivity index (χ3n) is 3.75. The molecule has 2 aromatic heterocycles. The van der Waals surface area contributed by atoms with Crippen molar-refractivity contribution in [3.8, 4) is 11.9 Å². The molecule has 0 aromatic carbocycles.